The van der Waals surface area contributed by atoms with Gasteiger partial charge in [0.05, 0.1) is 16.9 Å². The number of nitrogens with one attached hydrogen (secondary N) is 1. The summed E-state index contributed by atoms with van der Waals surface area (Å²) in [5.74, 6) is 0.557. The highest BCUT2D eigenvalue weighted by Gasteiger charge is 2.04. The average molecular weight is 459 g/mol. The Balaban J connectivity index is 2.02. The van der Waals surface area contributed by atoms with Crippen LogP contribution in [0.4, 0.5) is 0 Å². The molecule has 0 aliphatic carbocycles. The van der Waals surface area contributed by atoms with Crippen molar-refractivity contribution in [3.63, 3.8) is 0 Å². The first-order chi connectivity index (χ1) is 10.1. The number of carbonyl (C=O) groups excluding carboxylic acids is 1. The zero-order chi connectivity index (χ0) is 15.2. The molecule has 0 spiro atoms. The molecule has 0 fully saturated rings. The summed E-state index contributed by atoms with van der Waals surface area (Å²) in [6, 6.07) is 12.8. The van der Waals surface area contributed by atoms with Crippen molar-refractivity contribution >= 4 is 50.6 Å². The van der Waals surface area contributed by atoms with E-state index in [2.05, 4.69) is 49.0 Å². The van der Waals surface area contributed by atoms with Gasteiger partial charge in [-0.15, -0.1) is 0 Å². The molecular formula is C15H12BrIN2O2. The topological polar surface area (TPSA) is 50.7 Å². The van der Waals surface area contributed by atoms with E-state index in [1.54, 1.807) is 31.5 Å². The molecule has 1 amide bonds. The summed E-state index contributed by atoms with van der Waals surface area (Å²) in [6.45, 7) is 0. The first-order valence-corrected chi connectivity index (χ1v) is 7.90. The van der Waals surface area contributed by atoms with Crippen molar-refractivity contribution in [1.29, 1.82) is 0 Å². The Morgan fingerprint density at radius 1 is 1.33 bits per heavy atom. The second kappa shape index (κ2) is 7.56. The van der Waals surface area contributed by atoms with Gasteiger partial charge in [0.1, 0.15) is 5.75 Å². The fourth-order valence-electron chi connectivity index (χ4n) is 1.62. The normalized spacial score (nSPS) is 10.6. The summed E-state index contributed by atoms with van der Waals surface area (Å²) in [4.78, 5) is 11.9. The molecule has 2 aromatic rings. The van der Waals surface area contributed by atoms with Gasteiger partial charge in [-0.3, -0.25) is 4.79 Å². The summed E-state index contributed by atoms with van der Waals surface area (Å²) in [7, 11) is 1.63. The molecule has 6 heteroatoms. The molecule has 0 saturated carbocycles. The summed E-state index contributed by atoms with van der Waals surface area (Å²) in [5.41, 5.74) is 3.93. The van der Waals surface area contributed by atoms with Gasteiger partial charge in [-0.2, -0.15) is 5.10 Å². The summed E-state index contributed by atoms with van der Waals surface area (Å²) >= 11 is 5.51. The first-order valence-electron chi connectivity index (χ1n) is 6.02. The van der Waals surface area contributed by atoms with E-state index in [4.69, 9.17) is 4.74 Å². The van der Waals surface area contributed by atoms with Crippen LogP contribution in [0.25, 0.3) is 0 Å². The van der Waals surface area contributed by atoms with Crippen LogP contribution in [-0.4, -0.2) is 19.2 Å². The van der Waals surface area contributed by atoms with Gasteiger partial charge >= 0.3 is 0 Å². The maximum Gasteiger partial charge on any atom is 0.271 e. The third-order valence-electron chi connectivity index (χ3n) is 2.64. The summed E-state index contributed by atoms with van der Waals surface area (Å²) in [5, 5.41) is 3.96. The molecule has 0 saturated heterocycles. The van der Waals surface area contributed by atoms with Crippen LogP contribution in [0.1, 0.15) is 15.9 Å². The van der Waals surface area contributed by atoms with Gasteiger partial charge in [0, 0.05) is 10.0 Å². The number of rotatable bonds is 4. The number of hydrogen-bond acceptors (Lipinski definition) is 3. The lowest BCUT2D eigenvalue weighted by Crippen LogP contribution is -2.17. The molecule has 0 unspecified atom stereocenters. The van der Waals surface area contributed by atoms with E-state index in [0.29, 0.717) is 5.56 Å². The highest BCUT2D eigenvalue weighted by Crippen LogP contribution is 2.20. The maximum absolute atomic E-state index is 11.9. The summed E-state index contributed by atoms with van der Waals surface area (Å²) < 4.78 is 7.02. The van der Waals surface area contributed by atoms with Gasteiger partial charge in [-0.25, -0.2) is 5.43 Å². The van der Waals surface area contributed by atoms with Crippen LogP contribution in [0, 0.1) is 3.57 Å². The van der Waals surface area contributed by atoms with E-state index in [1.807, 2.05) is 24.3 Å². The minimum Gasteiger partial charge on any atom is -0.496 e. The van der Waals surface area contributed by atoms with Gasteiger partial charge in [0.2, 0.25) is 0 Å². The Bertz CT molecular complexity index is 689. The molecule has 0 heterocycles. The second-order valence-electron chi connectivity index (χ2n) is 4.10. The predicted molar refractivity (Wildman–Crippen MR) is 94.9 cm³/mol. The van der Waals surface area contributed by atoms with Gasteiger partial charge < -0.3 is 4.74 Å². The lowest BCUT2D eigenvalue weighted by molar-refractivity contribution is 0.0955. The van der Waals surface area contributed by atoms with Gasteiger partial charge in [-0.05, 0) is 64.6 Å². The average Bonchev–Trinajstić information content (AvgIpc) is 2.47. The Labute approximate surface area is 144 Å². The highest BCUT2D eigenvalue weighted by atomic mass is 127. The lowest BCUT2D eigenvalue weighted by atomic mass is 10.2. The molecule has 108 valence electrons. The molecule has 1 N–H and O–H groups in total. The second-order valence-corrected chi connectivity index (χ2v) is 6.18. The van der Waals surface area contributed by atoms with Crippen molar-refractivity contribution < 1.29 is 9.53 Å². The fraction of sp³-hybridized carbons (Fsp3) is 0.0667. The van der Waals surface area contributed by atoms with Gasteiger partial charge in [0.15, 0.2) is 0 Å². The number of ether oxygens (including phenoxy) is 1. The molecule has 0 aliphatic heterocycles. The number of amides is 1. The van der Waals surface area contributed by atoms with E-state index in [9.17, 15) is 4.79 Å². The van der Waals surface area contributed by atoms with E-state index < -0.39 is 0 Å². The third kappa shape index (κ3) is 4.53. The standard InChI is InChI=1S/C15H12BrIN2O2/c1-21-14-6-5-10(7-13(14)17)9-18-19-15(20)11-3-2-4-12(16)8-11/h2-9H,1H3,(H,19,20). The Hall–Kier alpha value is -1.41. The van der Waals surface area contributed by atoms with Crippen molar-refractivity contribution in [2.45, 2.75) is 0 Å². The SMILES string of the molecule is COc1ccc(C=NNC(=O)c2cccc(Br)c2)cc1I. The largest absolute Gasteiger partial charge is 0.496 e. The molecule has 2 aromatic carbocycles. The van der Waals surface area contributed by atoms with Crippen LogP contribution in [0.3, 0.4) is 0 Å². The van der Waals surface area contributed by atoms with E-state index in [1.165, 1.54) is 0 Å². The van der Waals surface area contributed by atoms with Crippen LogP contribution >= 0.6 is 38.5 Å². The Morgan fingerprint density at radius 3 is 2.81 bits per heavy atom. The van der Waals surface area contributed by atoms with Crippen molar-refractivity contribution in [2.24, 2.45) is 5.10 Å². The van der Waals surface area contributed by atoms with Crippen molar-refractivity contribution in [3.8, 4) is 5.75 Å². The highest BCUT2D eigenvalue weighted by molar-refractivity contribution is 14.1. The minimum atomic E-state index is -0.254. The molecule has 2 rings (SSSR count). The smallest absolute Gasteiger partial charge is 0.271 e. The van der Waals surface area contributed by atoms with Crippen LogP contribution in [-0.2, 0) is 0 Å². The van der Waals surface area contributed by atoms with Crippen LogP contribution in [0.15, 0.2) is 52.0 Å². The molecule has 21 heavy (non-hydrogen) atoms. The lowest BCUT2D eigenvalue weighted by Gasteiger charge is -2.03. The monoisotopic (exact) mass is 458 g/mol. The quantitative estimate of drug-likeness (QED) is 0.430. The van der Waals surface area contributed by atoms with Gasteiger partial charge in [-0.1, -0.05) is 22.0 Å². The maximum atomic E-state index is 11.9. The molecule has 0 bridgehead atoms. The van der Waals surface area contributed by atoms with Crippen molar-refractivity contribution in [3.05, 3.63) is 61.6 Å². The molecular weight excluding hydrogens is 447 g/mol. The number of methoxy groups -OCH3 is 1. The molecule has 0 atom stereocenters. The molecule has 4 nitrogen and oxygen atoms in total. The van der Waals surface area contributed by atoms with E-state index >= 15 is 0 Å². The zero-order valence-corrected chi connectivity index (χ0v) is 14.9. The van der Waals surface area contributed by atoms with E-state index in [-0.39, 0.29) is 5.91 Å². The molecule has 0 aromatic heterocycles. The number of hydrogen-bond donors (Lipinski definition) is 1. The Morgan fingerprint density at radius 2 is 2.14 bits per heavy atom. The number of carbonyl (C=O) groups is 1. The van der Waals surface area contributed by atoms with E-state index in [0.717, 1.165) is 19.4 Å². The minimum absolute atomic E-state index is 0.254. The zero-order valence-electron chi connectivity index (χ0n) is 11.1. The predicted octanol–water partition coefficient (Wildman–Crippen LogP) is 3.83. The summed E-state index contributed by atoms with van der Waals surface area (Å²) in [6.07, 6.45) is 1.59. The molecule has 0 radical (unpaired) electrons. The molecule has 0 aliphatic rings. The first kappa shape index (κ1) is 16.0. The number of benzene rings is 2. The number of halogens is 2. The fourth-order valence-corrected chi connectivity index (χ4v) is 2.78. The Kier molecular flexibility index (Phi) is 5.75. The number of nitrogens with zero attached hydrogens (tertiary/aromatic N) is 1. The van der Waals surface area contributed by atoms with Crippen LogP contribution in [0.2, 0.25) is 0 Å². The van der Waals surface area contributed by atoms with Crippen molar-refractivity contribution in [1.82, 2.24) is 5.43 Å². The number of hydrazone groups is 1. The third-order valence-corrected chi connectivity index (χ3v) is 3.98. The van der Waals surface area contributed by atoms with Crippen LogP contribution in [0.5, 0.6) is 5.75 Å². The van der Waals surface area contributed by atoms with Crippen LogP contribution < -0.4 is 10.2 Å². The van der Waals surface area contributed by atoms with Crippen molar-refractivity contribution in [2.75, 3.05) is 7.11 Å². The van der Waals surface area contributed by atoms with Gasteiger partial charge in [0.25, 0.3) is 5.91 Å².